The number of nitrogens with one attached hydrogen (secondary N) is 1. The zero-order chi connectivity index (χ0) is 11.5. The molecule has 0 saturated carbocycles. The predicted octanol–water partition coefficient (Wildman–Crippen LogP) is -0.0975. The van der Waals surface area contributed by atoms with E-state index in [1.54, 1.807) is 6.20 Å². The van der Waals surface area contributed by atoms with E-state index in [1.807, 2.05) is 6.07 Å². The predicted molar refractivity (Wildman–Crippen MR) is 64.1 cm³/mol. The summed E-state index contributed by atoms with van der Waals surface area (Å²) in [7, 11) is 2.15. The molecule has 1 fully saturated rings. The van der Waals surface area contributed by atoms with Gasteiger partial charge in [0, 0.05) is 31.9 Å². The minimum absolute atomic E-state index is 0.462. The molecular weight excluding hydrogens is 204 g/mol. The number of nitrogen functional groups attached to an aromatic ring is 1. The summed E-state index contributed by atoms with van der Waals surface area (Å²) in [6.45, 7) is 5.24. The number of likely N-dealkylation sites (N-methyl/N-ethyl adjacent to an activating group) is 1. The Morgan fingerprint density at radius 2 is 2.31 bits per heavy atom. The fraction of sp³-hybridized carbons (Fsp3) is 0.600. The fourth-order valence-corrected chi connectivity index (χ4v) is 1.85. The van der Waals surface area contributed by atoms with E-state index in [9.17, 15) is 0 Å². The van der Waals surface area contributed by atoms with E-state index in [1.165, 1.54) is 0 Å². The largest absolute Gasteiger partial charge is 0.354 e. The maximum atomic E-state index is 5.30. The molecule has 0 aromatic carbocycles. The maximum Gasteiger partial charge on any atom is 0.239 e. The van der Waals surface area contributed by atoms with Crippen molar-refractivity contribution >= 4 is 11.8 Å². The Morgan fingerprint density at radius 3 is 3.00 bits per heavy atom. The van der Waals surface area contributed by atoms with Crippen molar-refractivity contribution in [2.75, 3.05) is 37.0 Å². The van der Waals surface area contributed by atoms with Crippen LogP contribution in [-0.2, 0) is 0 Å². The molecule has 6 heteroatoms. The van der Waals surface area contributed by atoms with Gasteiger partial charge in [0.2, 0.25) is 5.95 Å². The number of hydrogen-bond acceptors (Lipinski definition) is 6. The monoisotopic (exact) mass is 222 g/mol. The highest BCUT2D eigenvalue weighted by Crippen LogP contribution is 2.16. The van der Waals surface area contributed by atoms with Gasteiger partial charge in [-0.25, -0.2) is 10.8 Å². The van der Waals surface area contributed by atoms with E-state index in [2.05, 4.69) is 39.2 Å². The van der Waals surface area contributed by atoms with Gasteiger partial charge in [-0.15, -0.1) is 0 Å². The molecule has 0 amide bonds. The van der Waals surface area contributed by atoms with Crippen molar-refractivity contribution in [1.82, 2.24) is 14.9 Å². The number of rotatable bonds is 2. The van der Waals surface area contributed by atoms with Gasteiger partial charge in [0.25, 0.3) is 0 Å². The van der Waals surface area contributed by atoms with Crippen LogP contribution in [0, 0.1) is 0 Å². The third-order valence-electron chi connectivity index (χ3n) is 3.05. The first-order valence-electron chi connectivity index (χ1n) is 5.45. The van der Waals surface area contributed by atoms with Gasteiger partial charge in [-0.2, -0.15) is 4.98 Å². The summed E-state index contributed by atoms with van der Waals surface area (Å²) >= 11 is 0. The molecule has 1 aliphatic heterocycles. The van der Waals surface area contributed by atoms with Gasteiger partial charge >= 0.3 is 0 Å². The zero-order valence-electron chi connectivity index (χ0n) is 9.72. The standard InChI is InChI=1S/C10H18N6/c1-8-7-16(6-5-15(8)2)9-3-4-12-10(13-9)14-11/h3-4,8H,5-7,11H2,1-2H3,(H,12,13,14). The molecule has 1 saturated heterocycles. The van der Waals surface area contributed by atoms with Crippen LogP contribution in [0.15, 0.2) is 12.3 Å². The molecule has 0 bridgehead atoms. The molecule has 88 valence electrons. The Morgan fingerprint density at radius 1 is 1.50 bits per heavy atom. The van der Waals surface area contributed by atoms with E-state index in [0.717, 1.165) is 25.5 Å². The number of nitrogens with two attached hydrogens (primary N) is 1. The van der Waals surface area contributed by atoms with Gasteiger partial charge in [-0.3, -0.25) is 5.43 Å². The van der Waals surface area contributed by atoms with Crippen LogP contribution in [0.3, 0.4) is 0 Å². The summed E-state index contributed by atoms with van der Waals surface area (Å²) in [4.78, 5) is 12.9. The number of anilines is 2. The Hall–Kier alpha value is -1.40. The Bertz CT molecular complexity index is 355. The van der Waals surface area contributed by atoms with Crippen LogP contribution in [-0.4, -0.2) is 47.6 Å². The minimum atomic E-state index is 0.462. The number of aromatic nitrogens is 2. The van der Waals surface area contributed by atoms with Gasteiger partial charge < -0.3 is 9.80 Å². The zero-order valence-corrected chi connectivity index (χ0v) is 9.72. The first-order chi connectivity index (χ1) is 7.70. The highest BCUT2D eigenvalue weighted by atomic mass is 15.3. The van der Waals surface area contributed by atoms with Crippen molar-refractivity contribution in [3.05, 3.63) is 12.3 Å². The Kier molecular flexibility index (Phi) is 3.21. The van der Waals surface area contributed by atoms with Crippen LogP contribution in [0.2, 0.25) is 0 Å². The molecule has 2 rings (SSSR count). The molecule has 0 spiro atoms. The van der Waals surface area contributed by atoms with Gasteiger partial charge in [0.1, 0.15) is 5.82 Å². The van der Waals surface area contributed by atoms with E-state index in [-0.39, 0.29) is 0 Å². The molecular formula is C10H18N6. The molecule has 1 unspecified atom stereocenters. The minimum Gasteiger partial charge on any atom is -0.354 e. The lowest BCUT2D eigenvalue weighted by atomic mass is 10.2. The van der Waals surface area contributed by atoms with Crippen molar-refractivity contribution in [1.29, 1.82) is 0 Å². The van der Waals surface area contributed by atoms with E-state index in [4.69, 9.17) is 5.84 Å². The Balaban J connectivity index is 2.12. The van der Waals surface area contributed by atoms with Crippen molar-refractivity contribution in [2.24, 2.45) is 5.84 Å². The fourth-order valence-electron chi connectivity index (χ4n) is 1.85. The van der Waals surface area contributed by atoms with Crippen molar-refractivity contribution < 1.29 is 0 Å². The lowest BCUT2D eigenvalue weighted by molar-refractivity contribution is 0.233. The second-order valence-electron chi connectivity index (χ2n) is 4.16. The summed E-state index contributed by atoms with van der Waals surface area (Å²) in [6, 6.07) is 2.46. The molecule has 0 radical (unpaired) electrons. The summed E-state index contributed by atoms with van der Waals surface area (Å²) in [5.41, 5.74) is 2.47. The summed E-state index contributed by atoms with van der Waals surface area (Å²) < 4.78 is 0. The average molecular weight is 222 g/mol. The van der Waals surface area contributed by atoms with Gasteiger partial charge in [-0.05, 0) is 20.0 Å². The van der Waals surface area contributed by atoms with Crippen LogP contribution in [0.25, 0.3) is 0 Å². The number of hydrogen-bond donors (Lipinski definition) is 2. The SMILES string of the molecule is CC1CN(c2ccnc(NN)n2)CCN1C. The third-order valence-corrected chi connectivity index (χ3v) is 3.05. The topological polar surface area (TPSA) is 70.3 Å². The second kappa shape index (κ2) is 4.63. The van der Waals surface area contributed by atoms with E-state index in [0.29, 0.717) is 12.0 Å². The molecule has 0 aliphatic carbocycles. The van der Waals surface area contributed by atoms with E-state index < -0.39 is 0 Å². The van der Waals surface area contributed by atoms with Gasteiger partial charge in [0.15, 0.2) is 0 Å². The first kappa shape index (κ1) is 11.1. The Labute approximate surface area is 95.4 Å². The summed E-state index contributed by atoms with van der Waals surface area (Å²) in [5, 5.41) is 0. The maximum absolute atomic E-state index is 5.30. The van der Waals surface area contributed by atoms with Gasteiger partial charge in [-0.1, -0.05) is 0 Å². The van der Waals surface area contributed by atoms with Crippen molar-refractivity contribution in [3.63, 3.8) is 0 Å². The molecule has 1 aliphatic rings. The molecule has 1 atom stereocenters. The summed E-state index contributed by atoms with van der Waals surface area (Å²) in [5.74, 6) is 6.69. The molecule has 2 heterocycles. The van der Waals surface area contributed by atoms with Crippen LogP contribution in [0.1, 0.15) is 6.92 Å². The van der Waals surface area contributed by atoms with Crippen LogP contribution in [0.4, 0.5) is 11.8 Å². The highest BCUT2D eigenvalue weighted by Gasteiger charge is 2.21. The van der Waals surface area contributed by atoms with E-state index >= 15 is 0 Å². The van der Waals surface area contributed by atoms with Crippen molar-refractivity contribution in [2.45, 2.75) is 13.0 Å². The lowest BCUT2D eigenvalue weighted by Gasteiger charge is -2.38. The molecule has 6 nitrogen and oxygen atoms in total. The summed E-state index contributed by atoms with van der Waals surface area (Å²) in [6.07, 6.45) is 1.72. The second-order valence-corrected chi connectivity index (χ2v) is 4.16. The number of piperazine rings is 1. The number of hydrazine groups is 1. The highest BCUT2D eigenvalue weighted by molar-refractivity contribution is 5.42. The smallest absolute Gasteiger partial charge is 0.239 e. The molecule has 1 aromatic heterocycles. The third kappa shape index (κ3) is 2.23. The van der Waals surface area contributed by atoms with Crippen LogP contribution in [0.5, 0.6) is 0 Å². The lowest BCUT2D eigenvalue weighted by Crippen LogP contribution is -2.50. The molecule has 1 aromatic rings. The van der Waals surface area contributed by atoms with Crippen LogP contribution >= 0.6 is 0 Å². The quantitative estimate of drug-likeness (QED) is 0.538. The molecule has 16 heavy (non-hydrogen) atoms. The van der Waals surface area contributed by atoms with Gasteiger partial charge in [0.05, 0.1) is 0 Å². The number of nitrogens with zero attached hydrogens (tertiary/aromatic N) is 4. The molecule has 3 N–H and O–H groups in total. The van der Waals surface area contributed by atoms with Crippen LogP contribution < -0.4 is 16.2 Å². The van der Waals surface area contributed by atoms with Crippen molar-refractivity contribution in [3.8, 4) is 0 Å². The average Bonchev–Trinajstić information content (AvgIpc) is 2.33. The normalized spacial score (nSPS) is 22.2. The first-order valence-corrected chi connectivity index (χ1v) is 5.45.